The molecule has 0 radical (unpaired) electrons. The van der Waals surface area contributed by atoms with E-state index in [0.717, 1.165) is 12.8 Å². The molecule has 24 heavy (non-hydrogen) atoms. The lowest BCUT2D eigenvalue weighted by atomic mass is 10.2. The predicted octanol–water partition coefficient (Wildman–Crippen LogP) is 1.85. The van der Waals surface area contributed by atoms with Gasteiger partial charge in [-0.1, -0.05) is 6.07 Å². The summed E-state index contributed by atoms with van der Waals surface area (Å²) in [6.07, 6.45) is 3.49. The van der Waals surface area contributed by atoms with Crippen molar-refractivity contribution < 1.29 is 9.59 Å². The van der Waals surface area contributed by atoms with Gasteiger partial charge in [-0.2, -0.15) is 4.98 Å². The van der Waals surface area contributed by atoms with Gasteiger partial charge in [-0.25, -0.2) is 4.98 Å². The Kier molecular flexibility index (Phi) is 4.28. The number of anilines is 4. The van der Waals surface area contributed by atoms with Gasteiger partial charge in [0.2, 0.25) is 11.9 Å². The number of rotatable bonds is 6. The summed E-state index contributed by atoms with van der Waals surface area (Å²) in [5.74, 6) is 0.0473. The van der Waals surface area contributed by atoms with E-state index in [2.05, 4.69) is 25.9 Å². The first-order valence-electron chi connectivity index (χ1n) is 7.59. The fourth-order valence-corrected chi connectivity index (χ4v) is 2.16. The van der Waals surface area contributed by atoms with Crippen LogP contribution in [0.25, 0.3) is 0 Å². The summed E-state index contributed by atoms with van der Waals surface area (Å²) >= 11 is 0. The predicted molar refractivity (Wildman–Crippen MR) is 91.2 cm³/mol. The number of carbonyl (C=O) groups is 2. The molecule has 124 valence electrons. The Hall–Kier alpha value is -3.16. The smallest absolute Gasteiger partial charge is 0.254 e. The first kappa shape index (κ1) is 15.7. The van der Waals surface area contributed by atoms with Gasteiger partial charge in [0, 0.05) is 30.5 Å². The number of carbonyl (C=O) groups excluding carboxylic acids is 2. The van der Waals surface area contributed by atoms with Crippen LogP contribution in [0.5, 0.6) is 0 Å². The molecule has 1 aromatic heterocycles. The van der Waals surface area contributed by atoms with Crippen molar-refractivity contribution in [2.75, 3.05) is 16.0 Å². The van der Waals surface area contributed by atoms with Crippen molar-refractivity contribution >= 4 is 35.0 Å². The summed E-state index contributed by atoms with van der Waals surface area (Å²) in [6.45, 7) is 1.45. The van der Waals surface area contributed by atoms with E-state index in [1.54, 1.807) is 18.2 Å². The van der Waals surface area contributed by atoms with Gasteiger partial charge in [-0.15, -0.1) is 0 Å². The van der Waals surface area contributed by atoms with Gasteiger partial charge in [0.1, 0.15) is 5.82 Å². The Morgan fingerprint density at radius 3 is 2.67 bits per heavy atom. The van der Waals surface area contributed by atoms with Crippen molar-refractivity contribution in [1.29, 1.82) is 0 Å². The van der Waals surface area contributed by atoms with Gasteiger partial charge in [0.15, 0.2) is 0 Å². The van der Waals surface area contributed by atoms with E-state index in [1.807, 2.05) is 6.07 Å². The Morgan fingerprint density at radius 2 is 2.00 bits per heavy atom. The van der Waals surface area contributed by atoms with Gasteiger partial charge in [0.05, 0.1) is 5.56 Å². The minimum Gasteiger partial charge on any atom is -0.367 e. The first-order chi connectivity index (χ1) is 11.5. The van der Waals surface area contributed by atoms with Crippen LogP contribution < -0.4 is 21.7 Å². The molecule has 0 saturated heterocycles. The highest BCUT2D eigenvalue weighted by Gasteiger charge is 2.24. The third-order valence-electron chi connectivity index (χ3n) is 3.41. The van der Waals surface area contributed by atoms with Crippen LogP contribution in [0.2, 0.25) is 0 Å². The van der Waals surface area contributed by atoms with Gasteiger partial charge in [0.25, 0.3) is 5.91 Å². The van der Waals surface area contributed by atoms with Crippen LogP contribution in [0, 0.1) is 0 Å². The first-order valence-corrected chi connectivity index (χ1v) is 7.59. The molecular weight excluding hydrogens is 308 g/mol. The van der Waals surface area contributed by atoms with Crippen molar-refractivity contribution in [3.63, 3.8) is 0 Å². The molecule has 0 unspecified atom stereocenters. The van der Waals surface area contributed by atoms with Crippen molar-refractivity contribution in [2.45, 2.75) is 25.8 Å². The van der Waals surface area contributed by atoms with Crippen LogP contribution in [-0.2, 0) is 4.79 Å². The number of hydrogen-bond donors (Lipinski definition) is 4. The maximum Gasteiger partial charge on any atom is 0.254 e. The highest BCUT2D eigenvalue weighted by atomic mass is 16.1. The maximum absolute atomic E-state index is 11.5. The molecule has 1 aromatic carbocycles. The highest BCUT2D eigenvalue weighted by Crippen LogP contribution is 2.26. The Bertz CT molecular complexity index is 788. The average molecular weight is 326 g/mol. The molecule has 1 fully saturated rings. The second kappa shape index (κ2) is 6.53. The zero-order chi connectivity index (χ0) is 17.1. The standard InChI is InChI=1S/C16H18N6O2/c1-9(23)19-11-3-2-4-12(7-11)21-16-18-8-13(14(17)24)15(22-16)20-10-5-6-10/h2-4,7-8,10H,5-6H2,1H3,(H2,17,24)(H,19,23)(H2,18,20,21,22). The molecule has 3 rings (SSSR count). The molecule has 0 bridgehead atoms. The van der Waals surface area contributed by atoms with E-state index in [9.17, 15) is 9.59 Å². The molecule has 0 spiro atoms. The molecule has 5 N–H and O–H groups in total. The number of nitrogens with one attached hydrogen (secondary N) is 3. The van der Waals surface area contributed by atoms with E-state index in [0.29, 0.717) is 29.2 Å². The number of nitrogens with zero attached hydrogens (tertiary/aromatic N) is 2. The molecule has 2 amide bonds. The fourth-order valence-electron chi connectivity index (χ4n) is 2.16. The summed E-state index contributed by atoms with van der Waals surface area (Å²) in [5.41, 5.74) is 7.00. The van der Waals surface area contributed by atoms with E-state index in [1.165, 1.54) is 13.1 Å². The van der Waals surface area contributed by atoms with Crippen molar-refractivity contribution in [2.24, 2.45) is 5.73 Å². The zero-order valence-electron chi connectivity index (χ0n) is 13.2. The molecule has 2 aromatic rings. The number of amides is 2. The van der Waals surface area contributed by atoms with Gasteiger partial charge < -0.3 is 21.7 Å². The van der Waals surface area contributed by atoms with E-state index in [4.69, 9.17) is 5.73 Å². The fraction of sp³-hybridized carbons (Fsp3) is 0.250. The molecular formula is C16H18N6O2. The second-order valence-corrected chi connectivity index (χ2v) is 5.63. The third-order valence-corrected chi connectivity index (χ3v) is 3.41. The second-order valence-electron chi connectivity index (χ2n) is 5.63. The van der Waals surface area contributed by atoms with Crippen LogP contribution >= 0.6 is 0 Å². The third kappa shape index (κ3) is 3.97. The summed E-state index contributed by atoms with van der Waals surface area (Å²) in [5, 5.41) is 8.94. The minimum absolute atomic E-state index is 0.148. The lowest BCUT2D eigenvalue weighted by Crippen LogP contribution is -2.17. The van der Waals surface area contributed by atoms with Crippen LogP contribution in [-0.4, -0.2) is 27.8 Å². The van der Waals surface area contributed by atoms with Gasteiger partial charge in [-0.05, 0) is 31.0 Å². The summed E-state index contributed by atoms with van der Waals surface area (Å²) in [7, 11) is 0. The lowest BCUT2D eigenvalue weighted by molar-refractivity contribution is -0.114. The molecule has 0 aliphatic heterocycles. The highest BCUT2D eigenvalue weighted by molar-refractivity contribution is 5.97. The summed E-state index contributed by atoms with van der Waals surface area (Å²) in [6, 6.07) is 7.50. The largest absolute Gasteiger partial charge is 0.367 e. The monoisotopic (exact) mass is 326 g/mol. The van der Waals surface area contributed by atoms with Crippen LogP contribution in [0.15, 0.2) is 30.5 Å². The molecule has 1 aliphatic carbocycles. The average Bonchev–Trinajstić information content (AvgIpc) is 3.31. The Balaban J connectivity index is 1.81. The van der Waals surface area contributed by atoms with Crippen LogP contribution in [0.3, 0.4) is 0 Å². The summed E-state index contributed by atoms with van der Waals surface area (Å²) < 4.78 is 0. The Labute approximate surface area is 138 Å². The van der Waals surface area contributed by atoms with Crippen molar-refractivity contribution in [3.8, 4) is 0 Å². The quantitative estimate of drug-likeness (QED) is 0.642. The van der Waals surface area contributed by atoms with Gasteiger partial charge in [-0.3, -0.25) is 9.59 Å². The van der Waals surface area contributed by atoms with E-state index in [-0.39, 0.29) is 11.5 Å². The molecule has 8 heteroatoms. The maximum atomic E-state index is 11.5. The number of primary amides is 1. The minimum atomic E-state index is -0.572. The SMILES string of the molecule is CC(=O)Nc1cccc(Nc2ncc(C(N)=O)c(NC3CC3)n2)c1. The topological polar surface area (TPSA) is 122 Å². The molecule has 1 aliphatic rings. The molecule has 0 atom stereocenters. The number of hydrogen-bond acceptors (Lipinski definition) is 6. The lowest BCUT2D eigenvalue weighted by Gasteiger charge is -2.11. The normalized spacial score (nSPS) is 13.2. The molecule has 1 saturated carbocycles. The van der Waals surface area contributed by atoms with E-state index < -0.39 is 5.91 Å². The molecule has 8 nitrogen and oxygen atoms in total. The number of nitrogens with two attached hydrogens (primary N) is 1. The van der Waals surface area contributed by atoms with Crippen molar-refractivity contribution in [1.82, 2.24) is 9.97 Å². The van der Waals surface area contributed by atoms with Crippen LogP contribution in [0.1, 0.15) is 30.1 Å². The zero-order valence-corrected chi connectivity index (χ0v) is 13.2. The summed E-state index contributed by atoms with van der Waals surface area (Å²) in [4.78, 5) is 31.1. The number of aromatic nitrogens is 2. The van der Waals surface area contributed by atoms with Gasteiger partial charge >= 0.3 is 0 Å². The molecule has 1 heterocycles. The van der Waals surface area contributed by atoms with E-state index >= 15 is 0 Å². The van der Waals surface area contributed by atoms with Crippen LogP contribution in [0.4, 0.5) is 23.1 Å². The Morgan fingerprint density at radius 1 is 1.25 bits per heavy atom. The van der Waals surface area contributed by atoms with Crippen molar-refractivity contribution in [3.05, 3.63) is 36.0 Å². The number of benzene rings is 1.